The Morgan fingerprint density at radius 1 is 1.00 bits per heavy atom. The number of rotatable bonds is 9. The summed E-state index contributed by atoms with van der Waals surface area (Å²) in [6.07, 6.45) is 0.767. The summed E-state index contributed by atoms with van der Waals surface area (Å²) < 4.78 is 12.3. The molecule has 3 aromatic carbocycles. The monoisotopic (exact) mass is 465 g/mol. The molecule has 0 aromatic heterocycles. The van der Waals surface area contributed by atoms with E-state index in [1.165, 1.54) is 5.56 Å². The lowest BCUT2D eigenvalue weighted by atomic mass is 10.1. The molecule has 0 bridgehead atoms. The Morgan fingerprint density at radius 2 is 1.73 bits per heavy atom. The minimum atomic E-state index is -0.235. The standard InChI is InChI=1S/C25H24BrNO3/c1-18(2)17-30-22-11-9-21(10-12-22)27-25(28)23-16-20(26)8-13-24(23)29-15-14-19-6-4-3-5-7-19/h3-13,16H,1,14-15,17H2,2H3,(H,27,28). The number of hydrogen-bond donors (Lipinski definition) is 1. The molecule has 154 valence electrons. The van der Waals surface area contributed by atoms with Gasteiger partial charge in [0.1, 0.15) is 18.1 Å². The van der Waals surface area contributed by atoms with Crippen molar-refractivity contribution in [3.63, 3.8) is 0 Å². The Bertz CT molecular complexity index is 1000. The SMILES string of the molecule is C=C(C)COc1ccc(NC(=O)c2cc(Br)ccc2OCCc2ccccc2)cc1. The molecule has 0 heterocycles. The number of benzene rings is 3. The first kappa shape index (κ1) is 21.7. The second kappa shape index (κ2) is 10.6. The molecule has 3 rings (SSSR count). The molecule has 0 spiro atoms. The van der Waals surface area contributed by atoms with Crippen LogP contribution in [0.25, 0.3) is 0 Å². The average Bonchev–Trinajstić information content (AvgIpc) is 2.75. The highest BCUT2D eigenvalue weighted by Gasteiger charge is 2.14. The fraction of sp³-hybridized carbons (Fsp3) is 0.160. The Balaban J connectivity index is 1.64. The van der Waals surface area contributed by atoms with Gasteiger partial charge in [0.2, 0.25) is 0 Å². The molecule has 4 nitrogen and oxygen atoms in total. The maximum absolute atomic E-state index is 12.9. The molecule has 0 saturated carbocycles. The number of halogens is 1. The normalized spacial score (nSPS) is 10.3. The van der Waals surface area contributed by atoms with E-state index in [1.807, 2.05) is 43.3 Å². The lowest BCUT2D eigenvalue weighted by molar-refractivity contribution is 0.102. The number of amides is 1. The van der Waals surface area contributed by atoms with Crippen molar-refractivity contribution in [2.75, 3.05) is 18.5 Å². The minimum Gasteiger partial charge on any atom is -0.492 e. The van der Waals surface area contributed by atoms with Gasteiger partial charge in [-0.15, -0.1) is 0 Å². The molecule has 0 aliphatic heterocycles. The van der Waals surface area contributed by atoms with E-state index in [1.54, 1.807) is 24.3 Å². The van der Waals surface area contributed by atoms with Gasteiger partial charge in [-0.05, 0) is 60.5 Å². The van der Waals surface area contributed by atoms with Crippen LogP contribution in [0.15, 0.2) is 89.4 Å². The highest BCUT2D eigenvalue weighted by molar-refractivity contribution is 9.10. The van der Waals surface area contributed by atoms with Gasteiger partial charge in [-0.25, -0.2) is 0 Å². The summed E-state index contributed by atoms with van der Waals surface area (Å²) in [7, 11) is 0. The molecule has 1 amide bonds. The first-order valence-electron chi connectivity index (χ1n) is 9.66. The largest absolute Gasteiger partial charge is 0.492 e. The highest BCUT2D eigenvalue weighted by Crippen LogP contribution is 2.25. The van der Waals surface area contributed by atoms with Gasteiger partial charge < -0.3 is 14.8 Å². The lowest BCUT2D eigenvalue weighted by Gasteiger charge is -2.13. The summed E-state index contributed by atoms with van der Waals surface area (Å²) >= 11 is 3.43. The summed E-state index contributed by atoms with van der Waals surface area (Å²) in [5, 5.41) is 2.91. The van der Waals surface area contributed by atoms with Crippen molar-refractivity contribution >= 4 is 27.5 Å². The summed E-state index contributed by atoms with van der Waals surface area (Å²) in [5.41, 5.74) is 3.29. The maximum atomic E-state index is 12.9. The number of nitrogens with one attached hydrogen (secondary N) is 1. The summed E-state index contributed by atoms with van der Waals surface area (Å²) in [6, 6.07) is 22.8. The topological polar surface area (TPSA) is 47.6 Å². The maximum Gasteiger partial charge on any atom is 0.259 e. The van der Waals surface area contributed by atoms with Crippen molar-refractivity contribution in [2.45, 2.75) is 13.3 Å². The van der Waals surface area contributed by atoms with Crippen LogP contribution in [0.5, 0.6) is 11.5 Å². The van der Waals surface area contributed by atoms with Gasteiger partial charge in [0.15, 0.2) is 0 Å². The van der Waals surface area contributed by atoms with Gasteiger partial charge in [0, 0.05) is 16.6 Å². The van der Waals surface area contributed by atoms with Gasteiger partial charge >= 0.3 is 0 Å². The van der Waals surface area contributed by atoms with E-state index in [0.717, 1.165) is 22.2 Å². The molecule has 1 N–H and O–H groups in total. The van der Waals surface area contributed by atoms with Crippen molar-refractivity contribution in [1.29, 1.82) is 0 Å². The molecule has 0 saturated heterocycles. The average molecular weight is 466 g/mol. The number of ether oxygens (including phenoxy) is 2. The third kappa shape index (κ3) is 6.49. The van der Waals surface area contributed by atoms with E-state index in [0.29, 0.717) is 30.2 Å². The molecule has 5 heteroatoms. The quantitative estimate of drug-likeness (QED) is 0.378. The van der Waals surface area contributed by atoms with Crippen LogP contribution >= 0.6 is 15.9 Å². The van der Waals surface area contributed by atoms with Gasteiger partial charge in [0.05, 0.1) is 12.2 Å². The number of carbonyl (C=O) groups excluding carboxylic acids is 1. The van der Waals surface area contributed by atoms with Crippen LogP contribution in [0.1, 0.15) is 22.8 Å². The van der Waals surface area contributed by atoms with E-state index in [9.17, 15) is 4.79 Å². The summed E-state index contributed by atoms with van der Waals surface area (Å²) in [4.78, 5) is 12.9. The zero-order valence-corrected chi connectivity index (χ0v) is 18.4. The van der Waals surface area contributed by atoms with Crippen molar-refractivity contribution in [2.24, 2.45) is 0 Å². The molecular weight excluding hydrogens is 442 g/mol. The molecule has 0 fully saturated rings. The van der Waals surface area contributed by atoms with Crippen LogP contribution in [-0.2, 0) is 6.42 Å². The van der Waals surface area contributed by atoms with Gasteiger partial charge in [-0.1, -0.05) is 52.8 Å². The van der Waals surface area contributed by atoms with E-state index < -0.39 is 0 Å². The Hall–Kier alpha value is -3.05. The van der Waals surface area contributed by atoms with Crippen molar-refractivity contribution in [3.05, 3.63) is 101 Å². The van der Waals surface area contributed by atoms with Crippen LogP contribution in [0.2, 0.25) is 0 Å². The molecule has 0 atom stereocenters. The van der Waals surface area contributed by atoms with Gasteiger partial charge in [-0.2, -0.15) is 0 Å². The first-order chi connectivity index (χ1) is 14.5. The van der Waals surface area contributed by atoms with E-state index in [4.69, 9.17) is 9.47 Å². The third-order valence-corrected chi connectivity index (χ3v) is 4.77. The van der Waals surface area contributed by atoms with Gasteiger partial charge in [-0.3, -0.25) is 4.79 Å². The fourth-order valence-electron chi connectivity index (χ4n) is 2.77. The highest BCUT2D eigenvalue weighted by atomic mass is 79.9. The second-order valence-corrected chi connectivity index (χ2v) is 7.86. The Morgan fingerprint density at radius 3 is 2.43 bits per heavy atom. The van der Waals surface area contributed by atoms with Crippen LogP contribution in [0.4, 0.5) is 5.69 Å². The molecule has 0 unspecified atom stereocenters. The molecule has 3 aromatic rings. The number of hydrogen-bond acceptors (Lipinski definition) is 3. The Labute approximate surface area is 185 Å². The summed E-state index contributed by atoms with van der Waals surface area (Å²) in [5.74, 6) is 1.04. The molecular formula is C25H24BrNO3. The smallest absolute Gasteiger partial charge is 0.259 e. The van der Waals surface area contributed by atoms with Crippen molar-refractivity contribution in [3.8, 4) is 11.5 Å². The first-order valence-corrected chi connectivity index (χ1v) is 10.5. The zero-order chi connectivity index (χ0) is 21.3. The van der Waals surface area contributed by atoms with Crippen molar-refractivity contribution in [1.82, 2.24) is 0 Å². The third-order valence-electron chi connectivity index (χ3n) is 4.27. The van der Waals surface area contributed by atoms with Crippen LogP contribution < -0.4 is 14.8 Å². The molecule has 30 heavy (non-hydrogen) atoms. The lowest BCUT2D eigenvalue weighted by Crippen LogP contribution is -2.14. The second-order valence-electron chi connectivity index (χ2n) is 6.95. The minimum absolute atomic E-state index is 0.235. The van der Waals surface area contributed by atoms with E-state index in [2.05, 4.69) is 40.0 Å². The van der Waals surface area contributed by atoms with E-state index >= 15 is 0 Å². The summed E-state index contributed by atoms with van der Waals surface area (Å²) in [6.45, 7) is 6.68. The van der Waals surface area contributed by atoms with Crippen LogP contribution in [-0.4, -0.2) is 19.1 Å². The van der Waals surface area contributed by atoms with Crippen LogP contribution in [0, 0.1) is 0 Å². The predicted molar refractivity (Wildman–Crippen MR) is 124 cm³/mol. The fourth-order valence-corrected chi connectivity index (χ4v) is 3.13. The number of anilines is 1. The Kier molecular flexibility index (Phi) is 7.69. The molecule has 0 radical (unpaired) electrons. The number of carbonyl (C=O) groups is 1. The van der Waals surface area contributed by atoms with Crippen molar-refractivity contribution < 1.29 is 14.3 Å². The molecule has 0 aliphatic carbocycles. The predicted octanol–water partition coefficient (Wildman–Crippen LogP) is 6.28. The molecule has 0 aliphatic rings. The zero-order valence-electron chi connectivity index (χ0n) is 16.9. The van der Waals surface area contributed by atoms with E-state index in [-0.39, 0.29) is 5.91 Å². The van der Waals surface area contributed by atoms with Crippen LogP contribution in [0.3, 0.4) is 0 Å². The van der Waals surface area contributed by atoms with Gasteiger partial charge in [0.25, 0.3) is 5.91 Å².